The summed E-state index contributed by atoms with van der Waals surface area (Å²) in [5, 5.41) is 14.4. The van der Waals surface area contributed by atoms with Gasteiger partial charge in [0.1, 0.15) is 10.7 Å². The molecule has 0 saturated carbocycles. The van der Waals surface area contributed by atoms with Crippen LogP contribution in [0.1, 0.15) is 25.3 Å². The Balaban J connectivity index is 1.79. The van der Waals surface area contributed by atoms with Crippen molar-refractivity contribution in [1.29, 1.82) is 0 Å². The summed E-state index contributed by atoms with van der Waals surface area (Å²) in [5.74, 6) is -1.21. The molecular weight excluding hydrogens is 489 g/mol. The summed E-state index contributed by atoms with van der Waals surface area (Å²) in [6.07, 6.45) is -0.244. The van der Waals surface area contributed by atoms with E-state index in [1.165, 1.54) is 42.2 Å². The Labute approximate surface area is 201 Å². The smallest absolute Gasteiger partial charge is 0.409 e. The van der Waals surface area contributed by atoms with Gasteiger partial charge >= 0.3 is 12.1 Å². The number of urea groups is 1. The predicted molar refractivity (Wildman–Crippen MR) is 126 cm³/mol. The molecule has 0 radical (unpaired) electrons. The van der Waals surface area contributed by atoms with Crippen molar-refractivity contribution >= 4 is 44.9 Å². The number of nitrogens with one attached hydrogen (secondary N) is 2. The van der Waals surface area contributed by atoms with Gasteiger partial charge in [0.25, 0.3) is 0 Å². The molecule has 1 aliphatic rings. The minimum atomic E-state index is -4.10. The third kappa shape index (κ3) is 5.36. The van der Waals surface area contributed by atoms with E-state index < -0.39 is 43.7 Å². The van der Waals surface area contributed by atoms with E-state index in [4.69, 9.17) is 16.3 Å². The van der Waals surface area contributed by atoms with Crippen LogP contribution in [0.4, 0.5) is 25.4 Å². The van der Waals surface area contributed by atoms with Gasteiger partial charge in [0.15, 0.2) is 15.6 Å². The van der Waals surface area contributed by atoms with Gasteiger partial charge in [-0.25, -0.2) is 22.4 Å². The molecule has 184 valence electrons. The maximum atomic E-state index is 13.7. The molecular formula is C22H25ClFN3O6S. The molecule has 0 atom stereocenters. The highest BCUT2D eigenvalue weighted by atomic mass is 35.5. The van der Waals surface area contributed by atoms with Gasteiger partial charge < -0.3 is 25.4 Å². The van der Waals surface area contributed by atoms with Crippen LogP contribution < -0.4 is 10.6 Å². The van der Waals surface area contributed by atoms with Gasteiger partial charge in [0.2, 0.25) is 0 Å². The van der Waals surface area contributed by atoms with Crippen LogP contribution in [0.25, 0.3) is 0 Å². The number of hydrogen-bond donors (Lipinski definition) is 3. The van der Waals surface area contributed by atoms with Crippen LogP contribution >= 0.6 is 11.6 Å². The molecule has 2 aromatic carbocycles. The quantitative estimate of drug-likeness (QED) is 0.504. The number of likely N-dealkylation sites (tertiary alicyclic amines) is 1. The molecule has 1 aliphatic heterocycles. The summed E-state index contributed by atoms with van der Waals surface area (Å²) >= 11 is 6.14. The monoisotopic (exact) mass is 513 g/mol. The lowest BCUT2D eigenvalue weighted by Crippen LogP contribution is -2.42. The second kappa shape index (κ2) is 10.5. The van der Waals surface area contributed by atoms with E-state index in [1.54, 1.807) is 6.92 Å². The summed E-state index contributed by atoms with van der Waals surface area (Å²) in [5.41, 5.74) is 0.251. The Morgan fingerprint density at radius 1 is 1.18 bits per heavy atom. The molecule has 9 nitrogen and oxygen atoms in total. The third-order valence-corrected chi connectivity index (χ3v) is 8.30. The van der Waals surface area contributed by atoms with Crippen molar-refractivity contribution in [1.82, 2.24) is 4.90 Å². The molecule has 0 bridgehead atoms. The Kier molecular flexibility index (Phi) is 7.88. The van der Waals surface area contributed by atoms with Gasteiger partial charge in [-0.15, -0.1) is 0 Å². The van der Waals surface area contributed by atoms with Crippen LogP contribution in [0, 0.1) is 12.7 Å². The van der Waals surface area contributed by atoms with Crippen LogP contribution in [-0.2, 0) is 14.6 Å². The average Bonchev–Trinajstić information content (AvgIpc) is 2.79. The standard InChI is InChI=1S/C22H25ClFN3O6S/c1-3-33-22(30)27-11-9-14(10-12-27)34(31,32)20-15(23)7-8-18(19(20)28)26-21(29)25-17-6-4-5-16(24)13(17)2/h4-8,14,28H,3,9-12H2,1-2H3,(H2,25,26,29). The van der Waals surface area contributed by atoms with E-state index in [-0.39, 0.29) is 54.5 Å². The highest BCUT2D eigenvalue weighted by Gasteiger charge is 2.36. The van der Waals surface area contributed by atoms with Crippen molar-refractivity contribution in [2.45, 2.75) is 36.8 Å². The van der Waals surface area contributed by atoms with Gasteiger partial charge in [0.05, 0.1) is 22.6 Å². The molecule has 3 N–H and O–H groups in total. The summed E-state index contributed by atoms with van der Waals surface area (Å²) in [4.78, 5) is 25.2. The number of hydrogen-bond acceptors (Lipinski definition) is 6. The number of rotatable bonds is 5. The largest absolute Gasteiger partial charge is 0.504 e. The van der Waals surface area contributed by atoms with Crippen molar-refractivity contribution in [2.75, 3.05) is 30.3 Å². The fourth-order valence-electron chi connectivity index (χ4n) is 3.67. The number of phenolic OH excluding ortho intramolecular Hbond substituents is 1. The van der Waals surface area contributed by atoms with Crippen LogP contribution in [0.15, 0.2) is 35.2 Å². The molecule has 0 unspecified atom stereocenters. The second-order valence-electron chi connectivity index (χ2n) is 7.69. The van der Waals surface area contributed by atoms with E-state index >= 15 is 0 Å². The molecule has 0 spiro atoms. The van der Waals surface area contributed by atoms with E-state index in [0.717, 1.165) is 0 Å². The van der Waals surface area contributed by atoms with Crippen LogP contribution in [0.3, 0.4) is 0 Å². The number of aromatic hydroxyl groups is 1. The fraction of sp³-hybridized carbons (Fsp3) is 0.364. The first-order valence-electron chi connectivity index (χ1n) is 10.6. The molecule has 2 aromatic rings. The van der Waals surface area contributed by atoms with Gasteiger partial charge in [-0.3, -0.25) is 0 Å². The zero-order chi connectivity index (χ0) is 25.0. The normalized spacial score (nSPS) is 14.5. The number of nitrogens with zero attached hydrogens (tertiary/aromatic N) is 1. The molecule has 1 saturated heterocycles. The zero-order valence-corrected chi connectivity index (χ0v) is 20.2. The van der Waals surface area contributed by atoms with Crippen molar-refractivity contribution in [3.05, 3.63) is 46.7 Å². The van der Waals surface area contributed by atoms with E-state index in [1.807, 2.05) is 0 Å². The molecule has 0 aliphatic carbocycles. The summed E-state index contributed by atoms with van der Waals surface area (Å²) in [6, 6.07) is 5.88. The number of anilines is 2. The van der Waals surface area contributed by atoms with Gasteiger partial charge in [-0.1, -0.05) is 17.7 Å². The number of carbonyl (C=O) groups is 2. The average molecular weight is 514 g/mol. The SMILES string of the molecule is CCOC(=O)N1CCC(S(=O)(=O)c2c(Cl)ccc(NC(=O)Nc3cccc(F)c3C)c2O)CC1. The van der Waals surface area contributed by atoms with Gasteiger partial charge in [-0.05, 0) is 51.0 Å². The van der Waals surface area contributed by atoms with Crippen LogP contribution in [0.2, 0.25) is 5.02 Å². The summed E-state index contributed by atoms with van der Waals surface area (Å²) in [7, 11) is -4.10. The van der Waals surface area contributed by atoms with Crippen molar-refractivity contribution in [3.63, 3.8) is 0 Å². The zero-order valence-electron chi connectivity index (χ0n) is 18.6. The lowest BCUT2D eigenvalue weighted by atomic mass is 10.1. The summed E-state index contributed by atoms with van der Waals surface area (Å²) < 4.78 is 45.2. The highest BCUT2D eigenvalue weighted by molar-refractivity contribution is 7.92. The number of sulfone groups is 1. The van der Waals surface area contributed by atoms with Crippen molar-refractivity contribution < 1.29 is 32.2 Å². The molecule has 1 heterocycles. The predicted octanol–water partition coefficient (Wildman–Crippen LogP) is 4.53. The number of ether oxygens (including phenoxy) is 1. The Hall–Kier alpha value is -3.05. The summed E-state index contributed by atoms with van der Waals surface area (Å²) in [6.45, 7) is 3.73. The van der Waals surface area contributed by atoms with E-state index in [2.05, 4.69) is 10.6 Å². The second-order valence-corrected chi connectivity index (χ2v) is 10.3. The van der Waals surface area contributed by atoms with E-state index in [0.29, 0.717) is 0 Å². The molecule has 34 heavy (non-hydrogen) atoms. The van der Waals surface area contributed by atoms with Crippen LogP contribution in [0.5, 0.6) is 5.75 Å². The topological polar surface area (TPSA) is 125 Å². The first-order valence-corrected chi connectivity index (χ1v) is 12.5. The van der Waals surface area contributed by atoms with E-state index in [9.17, 15) is 27.5 Å². The van der Waals surface area contributed by atoms with Crippen molar-refractivity contribution in [2.24, 2.45) is 0 Å². The minimum absolute atomic E-state index is 0.133. The first-order chi connectivity index (χ1) is 16.1. The number of carbonyl (C=O) groups excluding carboxylic acids is 2. The lowest BCUT2D eigenvalue weighted by molar-refractivity contribution is 0.100. The highest BCUT2D eigenvalue weighted by Crippen LogP contribution is 2.40. The maximum absolute atomic E-state index is 13.7. The first kappa shape index (κ1) is 25.6. The third-order valence-electron chi connectivity index (χ3n) is 5.54. The number of phenols is 1. The lowest BCUT2D eigenvalue weighted by Gasteiger charge is -2.31. The van der Waals surface area contributed by atoms with Gasteiger partial charge in [-0.2, -0.15) is 0 Å². The van der Waals surface area contributed by atoms with Gasteiger partial charge in [0, 0.05) is 24.3 Å². The van der Waals surface area contributed by atoms with Crippen LogP contribution in [-0.4, -0.2) is 55.5 Å². The minimum Gasteiger partial charge on any atom is -0.504 e. The van der Waals surface area contributed by atoms with Crippen molar-refractivity contribution in [3.8, 4) is 5.75 Å². The number of amides is 3. The molecule has 3 rings (SSSR count). The Bertz CT molecular complexity index is 1200. The fourth-order valence-corrected chi connectivity index (χ4v) is 6.03. The Morgan fingerprint density at radius 3 is 2.47 bits per heavy atom. The number of piperidine rings is 1. The molecule has 0 aromatic heterocycles. The molecule has 3 amide bonds. The number of halogens is 2. The molecule has 1 fully saturated rings. The Morgan fingerprint density at radius 2 is 1.82 bits per heavy atom. The molecule has 12 heteroatoms. The maximum Gasteiger partial charge on any atom is 0.409 e. The number of benzene rings is 2.